The van der Waals surface area contributed by atoms with Gasteiger partial charge in [-0.2, -0.15) is 0 Å². The van der Waals surface area contributed by atoms with Gasteiger partial charge in [0.25, 0.3) is 0 Å². The van der Waals surface area contributed by atoms with Gasteiger partial charge < -0.3 is 5.11 Å². The zero-order valence-electron chi connectivity index (χ0n) is 52.9. The quantitative estimate of drug-likeness (QED) is 0.173. The largest absolute Gasteiger partial charge is 0.507 e. The molecule has 0 saturated heterocycles. The van der Waals surface area contributed by atoms with Crippen LogP contribution in [0.3, 0.4) is 0 Å². The Labute approximate surface area is 427 Å². The zero-order chi connectivity index (χ0) is 59.2. The van der Waals surface area contributed by atoms with Crippen LogP contribution in [0.15, 0.2) is 164 Å². The van der Waals surface area contributed by atoms with Crippen LogP contribution in [0.2, 0.25) is 0 Å². The van der Waals surface area contributed by atoms with Gasteiger partial charge in [0.2, 0.25) is 0 Å². The molecule has 0 fully saturated rings. The number of pyridine rings is 1. The molecular weight excluding hydrogens is 839 g/mol. The van der Waals surface area contributed by atoms with Crippen LogP contribution < -0.4 is 0 Å². The summed E-state index contributed by atoms with van der Waals surface area (Å²) in [6.45, 7) is 6.35. The molecule has 0 aliphatic carbocycles. The fourth-order valence-electron chi connectivity index (χ4n) is 9.09. The Morgan fingerprint density at radius 3 is 1.72 bits per heavy atom. The number of imidazole rings is 1. The predicted octanol–water partition coefficient (Wildman–Crippen LogP) is 17.6. The van der Waals surface area contributed by atoms with E-state index in [2.05, 4.69) is 91.1 Å². The lowest BCUT2D eigenvalue weighted by Gasteiger charge is -2.28. The van der Waals surface area contributed by atoms with Crippen molar-refractivity contribution < 1.29 is 21.6 Å². The van der Waals surface area contributed by atoms with Crippen molar-refractivity contribution in [3.05, 3.63) is 192 Å². The minimum atomic E-state index is -3.40. The van der Waals surface area contributed by atoms with Gasteiger partial charge in [-0.1, -0.05) is 192 Å². The number of para-hydroxylation sites is 1. The van der Waals surface area contributed by atoms with Gasteiger partial charge in [-0.3, -0.25) is 9.55 Å². The molecule has 2 heterocycles. The molecule has 0 aliphatic rings. The van der Waals surface area contributed by atoms with Gasteiger partial charge in [-0.15, -0.1) is 0 Å². The second-order valence-corrected chi connectivity index (χ2v) is 21.3. The number of rotatable bonds is 7. The molecule has 348 valence electrons. The number of aryl methyl sites for hydroxylation is 1. The average molecular weight is 918 g/mol. The molecule has 69 heavy (non-hydrogen) atoms. The lowest BCUT2D eigenvalue weighted by atomic mass is 9.79. The Kier molecular flexibility index (Phi) is 8.69. The van der Waals surface area contributed by atoms with Crippen LogP contribution in [0.5, 0.6) is 5.75 Å². The number of nitrogens with zero attached hydrogens (tertiary/aromatic N) is 3. The highest BCUT2D eigenvalue weighted by molar-refractivity contribution is 5.98. The van der Waals surface area contributed by atoms with E-state index in [9.17, 15) is 5.11 Å². The van der Waals surface area contributed by atoms with Crippen molar-refractivity contribution in [1.29, 1.82) is 0 Å². The third-order valence-corrected chi connectivity index (χ3v) is 13.1. The number of phenols is 1. The van der Waals surface area contributed by atoms with Crippen LogP contribution in [0.4, 0.5) is 0 Å². The summed E-state index contributed by atoms with van der Waals surface area (Å²) in [5.41, 5.74) is 7.62. The third kappa shape index (κ3) is 9.30. The van der Waals surface area contributed by atoms with Gasteiger partial charge in [0.1, 0.15) is 11.6 Å². The van der Waals surface area contributed by atoms with Crippen molar-refractivity contribution in [3.63, 3.8) is 0 Å². The summed E-state index contributed by atoms with van der Waals surface area (Å²) in [6, 6.07) is 48.6. The Bertz CT molecular complexity index is 3780. The molecule has 0 spiro atoms. The van der Waals surface area contributed by atoms with Crippen molar-refractivity contribution in [2.75, 3.05) is 0 Å². The Morgan fingerprint density at radius 2 is 1.10 bits per heavy atom. The van der Waals surface area contributed by atoms with Crippen LogP contribution >= 0.6 is 0 Å². The van der Waals surface area contributed by atoms with E-state index in [0.29, 0.717) is 56.1 Å². The number of hydrogen-bond acceptors (Lipinski definition) is 3. The van der Waals surface area contributed by atoms with Crippen molar-refractivity contribution in [1.82, 2.24) is 14.5 Å². The third-order valence-electron chi connectivity index (χ3n) is 13.1. The molecular formula is C65H67N3O. The summed E-state index contributed by atoms with van der Waals surface area (Å²) in [7, 11) is 0. The highest BCUT2D eigenvalue weighted by atomic mass is 16.3. The summed E-state index contributed by atoms with van der Waals surface area (Å²) < 4.78 is 103. The van der Waals surface area contributed by atoms with Gasteiger partial charge >= 0.3 is 0 Å². The Balaban J connectivity index is 1.33. The van der Waals surface area contributed by atoms with E-state index in [-0.39, 0.29) is 27.7 Å². The highest BCUT2D eigenvalue weighted by Crippen LogP contribution is 2.47. The number of benzene rings is 7. The zero-order valence-corrected chi connectivity index (χ0v) is 40.9. The maximum Gasteiger partial charge on any atom is 0.149 e. The first-order valence-corrected chi connectivity index (χ1v) is 23.5. The maximum absolute atomic E-state index is 12.8. The summed E-state index contributed by atoms with van der Waals surface area (Å²) in [5.74, 6) is 0.534. The predicted molar refractivity (Wildman–Crippen MR) is 293 cm³/mol. The van der Waals surface area contributed by atoms with E-state index in [0.717, 1.165) is 44.5 Å². The molecule has 0 bridgehead atoms. The molecule has 0 aliphatic heterocycles. The molecule has 9 rings (SSSR count). The van der Waals surface area contributed by atoms with E-state index in [1.807, 2.05) is 97.1 Å². The van der Waals surface area contributed by atoms with Gasteiger partial charge in [0.15, 0.2) is 0 Å². The molecule has 0 atom stereocenters. The molecule has 0 unspecified atom stereocenters. The normalized spacial score (nSPS) is 15.8. The highest BCUT2D eigenvalue weighted by Gasteiger charge is 2.30. The van der Waals surface area contributed by atoms with Crippen molar-refractivity contribution in [2.24, 2.45) is 0 Å². The van der Waals surface area contributed by atoms with Gasteiger partial charge in [0, 0.05) is 44.9 Å². The number of aromatic hydroxyl groups is 1. The van der Waals surface area contributed by atoms with Crippen molar-refractivity contribution in [2.45, 2.75) is 111 Å². The SMILES string of the molecule is [2H]C([2H])([2H])c1cc(-c2ccccc2)c(-n2c(-c3cc(C(C)(C)C)cc(C(C)(C)C)c3O)nc3c(-c4cc(-c5cc(-c6ccc(C(C([2H])([2H])[2H])(C([2H])([2H])[2H])C([2H])([2H])[2H])cc6)ccn5)cc(C(C)(C)C)c4)cccc32)cc1-c1ccccc1. The second kappa shape index (κ2) is 17.5. The van der Waals surface area contributed by atoms with E-state index in [1.54, 1.807) is 30.5 Å². The fourth-order valence-corrected chi connectivity index (χ4v) is 9.09. The molecule has 0 amide bonds. The summed E-state index contributed by atoms with van der Waals surface area (Å²) in [6.07, 6.45) is 1.66. The fraction of sp³-hybridized carbons (Fsp3) is 0.262. The van der Waals surface area contributed by atoms with E-state index >= 15 is 0 Å². The number of aromatic nitrogens is 3. The average Bonchev–Trinajstić information content (AvgIpc) is 2.41. The van der Waals surface area contributed by atoms with Crippen molar-refractivity contribution >= 4 is 11.0 Å². The van der Waals surface area contributed by atoms with E-state index in [4.69, 9.17) is 26.4 Å². The molecule has 9 aromatic rings. The number of fused-ring (bicyclic) bond motifs is 1. The Morgan fingerprint density at radius 1 is 0.464 bits per heavy atom. The van der Waals surface area contributed by atoms with E-state index in [1.165, 1.54) is 12.1 Å². The lowest BCUT2D eigenvalue weighted by Crippen LogP contribution is -2.17. The summed E-state index contributed by atoms with van der Waals surface area (Å²) >= 11 is 0. The molecule has 4 heteroatoms. The molecule has 0 saturated carbocycles. The summed E-state index contributed by atoms with van der Waals surface area (Å²) in [5, 5.41) is 12.8. The molecule has 4 nitrogen and oxygen atoms in total. The number of phenolic OH excluding ortho intramolecular Hbond substituents is 1. The molecule has 1 N–H and O–H groups in total. The van der Waals surface area contributed by atoms with Crippen LogP contribution in [0, 0.1) is 6.85 Å². The second-order valence-electron chi connectivity index (χ2n) is 21.3. The molecule has 0 radical (unpaired) electrons. The van der Waals surface area contributed by atoms with Crippen LogP contribution in [0.1, 0.15) is 127 Å². The molecule has 7 aromatic carbocycles. The summed E-state index contributed by atoms with van der Waals surface area (Å²) in [4.78, 5) is 10.5. The minimum Gasteiger partial charge on any atom is -0.507 e. The lowest BCUT2D eigenvalue weighted by molar-refractivity contribution is 0.446. The Hall–Kier alpha value is -7.04. The maximum atomic E-state index is 12.8. The van der Waals surface area contributed by atoms with Crippen LogP contribution in [-0.2, 0) is 21.7 Å². The minimum absolute atomic E-state index is 0.0843. The first-order valence-electron chi connectivity index (χ1n) is 29.5. The molecule has 2 aromatic heterocycles. The smallest absolute Gasteiger partial charge is 0.149 e. The topological polar surface area (TPSA) is 50.9 Å². The first-order chi connectivity index (χ1) is 37.5. The standard InChI is InChI=1S/C65H67N3O/c1-41-33-53(44-23-18-15-19-24-44)58(40-52(41)43-21-16-14-17-22-43)68-57-26-20-25-51(59(57)67-61(68)54-38-50(64(8,9)10)39-55(60(54)69)65(11,12)13)46-34-47(36-49(35-46)63(5,6)7)56-37-45(31-32-66-56)42-27-29-48(30-28-42)62(2,3)4/h14-40,69H,1-13H3/i1D3,2D3,3D3,4D3. The van der Waals surface area contributed by atoms with Gasteiger partial charge in [-0.05, 0) is 133 Å². The first kappa shape index (κ1) is 34.3. The van der Waals surface area contributed by atoms with Crippen molar-refractivity contribution in [3.8, 4) is 78.6 Å². The van der Waals surface area contributed by atoms with Crippen LogP contribution in [-0.4, -0.2) is 19.6 Å². The number of hydrogen-bond donors (Lipinski definition) is 1. The van der Waals surface area contributed by atoms with Crippen LogP contribution in [0.25, 0.3) is 83.9 Å². The van der Waals surface area contributed by atoms with E-state index < -0.39 is 38.2 Å². The van der Waals surface area contributed by atoms with Gasteiger partial charge in [-0.25, -0.2) is 4.98 Å². The monoisotopic (exact) mass is 918 g/mol. The van der Waals surface area contributed by atoms with Gasteiger partial charge in [0.05, 0.1) is 28.0 Å².